The summed E-state index contributed by atoms with van der Waals surface area (Å²) in [7, 11) is 1.15. The number of nitrogens with two attached hydrogens (primary N) is 1. The van der Waals surface area contributed by atoms with Crippen molar-refractivity contribution in [3.05, 3.63) is 0 Å². The molecule has 0 fully saturated rings. The predicted molar refractivity (Wildman–Crippen MR) is 47.7 cm³/mol. The summed E-state index contributed by atoms with van der Waals surface area (Å²) in [4.78, 5) is 0. The molecule has 0 saturated heterocycles. The van der Waals surface area contributed by atoms with Gasteiger partial charge in [0.1, 0.15) is 0 Å². The molecule has 2 atom stereocenters. The van der Waals surface area contributed by atoms with Crippen LogP contribution in [0.5, 0.6) is 0 Å². The normalized spacial score (nSPS) is 17.0. The number of aliphatic hydroxyl groups is 1. The third kappa shape index (κ3) is 5.38. The number of methoxy groups -OCH3 is 1. The van der Waals surface area contributed by atoms with Gasteiger partial charge in [-0.05, 0) is 0 Å². The van der Waals surface area contributed by atoms with Gasteiger partial charge in [-0.3, -0.25) is 0 Å². The second-order valence-electron chi connectivity index (χ2n) is 3.44. The van der Waals surface area contributed by atoms with Crippen LogP contribution in [0.15, 0.2) is 0 Å². The van der Waals surface area contributed by atoms with Crippen molar-refractivity contribution in [1.29, 1.82) is 0 Å². The lowest BCUT2D eigenvalue weighted by atomic mass is 10.2. The van der Waals surface area contributed by atoms with Gasteiger partial charge in [-0.1, -0.05) is 0 Å². The fourth-order valence-corrected chi connectivity index (χ4v) is 1.09. The Bertz CT molecular complexity index is 230. The smallest absolute Gasteiger partial charge is 0.394 e. The van der Waals surface area contributed by atoms with Gasteiger partial charge >= 0.3 is 12.4 Å². The maximum Gasteiger partial charge on any atom is 0.423 e. The molecule has 0 spiro atoms. The monoisotopic (exact) mass is 285 g/mol. The fourth-order valence-electron chi connectivity index (χ4n) is 1.09. The zero-order valence-electron chi connectivity index (χ0n) is 9.26. The Kier molecular flexibility index (Phi) is 6.34. The van der Waals surface area contributed by atoms with E-state index in [1.165, 1.54) is 0 Å². The van der Waals surface area contributed by atoms with E-state index in [4.69, 9.17) is 10.8 Å². The number of halogens is 6. The number of aliphatic hydroxyl groups excluding tert-OH is 1. The van der Waals surface area contributed by atoms with E-state index in [-0.39, 0.29) is 6.61 Å². The van der Waals surface area contributed by atoms with Crippen LogP contribution >= 0.6 is 0 Å². The van der Waals surface area contributed by atoms with Crippen molar-refractivity contribution in [1.82, 2.24) is 0 Å². The van der Waals surface area contributed by atoms with E-state index in [9.17, 15) is 26.3 Å². The molecule has 0 radical (unpaired) electrons. The molecule has 2 unspecified atom stereocenters. The van der Waals surface area contributed by atoms with Gasteiger partial charge in [0, 0.05) is 7.11 Å². The van der Waals surface area contributed by atoms with E-state index in [1.54, 1.807) is 0 Å². The summed E-state index contributed by atoms with van der Waals surface area (Å²) in [6.07, 6.45) is -17.1. The molecule has 110 valence electrons. The standard InChI is InChI=1S/C8H13F6NO3/c1-17-3-4(15)5(2-16)18-6(7(9,10)11)8(12,13)14/h4-6,16H,2-3,15H2,1H3. The summed E-state index contributed by atoms with van der Waals surface area (Å²) >= 11 is 0. The predicted octanol–water partition coefficient (Wildman–Crippen LogP) is 0.831. The zero-order chi connectivity index (χ0) is 14.6. The molecule has 0 heterocycles. The van der Waals surface area contributed by atoms with Crippen LogP contribution in [0.1, 0.15) is 0 Å². The first-order valence-corrected chi connectivity index (χ1v) is 4.68. The Morgan fingerprint density at radius 1 is 1.11 bits per heavy atom. The summed E-state index contributed by atoms with van der Waals surface area (Å²) in [6, 6.07) is -1.31. The minimum Gasteiger partial charge on any atom is -0.394 e. The first kappa shape index (κ1) is 17.4. The third-order valence-electron chi connectivity index (χ3n) is 1.92. The minimum absolute atomic E-state index is 0.354. The number of rotatable bonds is 6. The average molecular weight is 285 g/mol. The number of alkyl halides is 6. The van der Waals surface area contributed by atoms with Crippen molar-refractivity contribution in [2.24, 2.45) is 5.73 Å². The van der Waals surface area contributed by atoms with Gasteiger partial charge < -0.3 is 20.3 Å². The van der Waals surface area contributed by atoms with Crippen LogP contribution in [-0.4, -0.2) is 56.0 Å². The Hall–Kier alpha value is -0.580. The zero-order valence-corrected chi connectivity index (χ0v) is 9.26. The Morgan fingerprint density at radius 2 is 1.56 bits per heavy atom. The molecule has 0 rings (SSSR count). The lowest BCUT2D eigenvalue weighted by Crippen LogP contribution is -2.52. The van der Waals surface area contributed by atoms with Crippen molar-refractivity contribution >= 4 is 0 Å². The fraction of sp³-hybridized carbons (Fsp3) is 1.00. The highest BCUT2D eigenvalue weighted by atomic mass is 19.4. The first-order valence-electron chi connectivity index (χ1n) is 4.68. The van der Waals surface area contributed by atoms with Crippen molar-refractivity contribution in [2.75, 3.05) is 20.3 Å². The summed E-state index contributed by atoms with van der Waals surface area (Å²) in [6.45, 7) is -1.44. The van der Waals surface area contributed by atoms with E-state index < -0.39 is 37.2 Å². The SMILES string of the molecule is COCC(N)C(CO)OC(C(F)(F)F)C(F)(F)F. The quantitative estimate of drug-likeness (QED) is 0.710. The second kappa shape index (κ2) is 6.55. The number of hydrogen-bond donors (Lipinski definition) is 2. The molecule has 0 aliphatic heterocycles. The minimum atomic E-state index is -5.64. The number of ether oxygens (including phenoxy) is 2. The van der Waals surface area contributed by atoms with Crippen LogP contribution in [0.3, 0.4) is 0 Å². The third-order valence-corrected chi connectivity index (χ3v) is 1.92. The molecule has 0 saturated carbocycles. The van der Waals surface area contributed by atoms with Crippen molar-refractivity contribution in [3.63, 3.8) is 0 Å². The molecule has 0 amide bonds. The average Bonchev–Trinajstić information content (AvgIpc) is 2.14. The summed E-state index contributed by atoms with van der Waals surface area (Å²) in [5.41, 5.74) is 5.23. The molecule has 3 N–H and O–H groups in total. The topological polar surface area (TPSA) is 64.7 Å². The summed E-state index contributed by atoms with van der Waals surface area (Å²) in [5, 5.41) is 8.71. The Labute approximate surface area is 98.6 Å². The second-order valence-corrected chi connectivity index (χ2v) is 3.44. The largest absolute Gasteiger partial charge is 0.423 e. The molecular formula is C8H13F6NO3. The van der Waals surface area contributed by atoms with E-state index in [0.29, 0.717) is 0 Å². The van der Waals surface area contributed by atoms with Crippen LogP contribution < -0.4 is 5.73 Å². The van der Waals surface area contributed by atoms with Gasteiger partial charge in [-0.15, -0.1) is 0 Å². The summed E-state index contributed by atoms with van der Waals surface area (Å²) < 4.78 is 81.3. The molecule has 0 aromatic carbocycles. The molecule has 0 aliphatic rings. The van der Waals surface area contributed by atoms with Crippen LogP contribution in [0, 0.1) is 0 Å². The van der Waals surface area contributed by atoms with Gasteiger partial charge in [-0.2, -0.15) is 26.3 Å². The highest BCUT2D eigenvalue weighted by molar-refractivity contribution is 4.81. The van der Waals surface area contributed by atoms with E-state index >= 15 is 0 Å². The molecule has 0 aliphatic carbocycles. The highest BCUT2D eigenvalue weighted by Gasteiger charge is 2.59. The van der Waals surface area contributed by atoms with Gasteiger partial charge in [0.25, 0.3) is 0 Å². The van der Waals surface area contributed by atoms with Crippen molar-refractivity contribution in [3.8, 4) is 0 Å². The van der Waals surface area contributed by atoms with Crippen molar-refractivity contribution in [2.45, 2.75) is 30.6 Å². The maximum absolute atomic E-state index is 12.2. The van der Waals surface area contributed by atoms with Crippen molar-refractivity contribution < 1.29 is 40.9 Å². The maximum atomic E-state index is 12.2. The molecule has 0 bridgehead atoms. The van der Waals surface area contributed by atoms with Gasteiger partial charge in [-0.25, -0.2) is 0 Å². The van der Waals surface area contributed by atoms with Crippen LogP contribution in [0.25, 0.3) is 0 Å². The highest BCUT2D eigenvalue weighted by Crippen LogP contribution is 2.36. The van der Waals surface area contributed by atoms with E-state index in [1.807, 2.05) is 0 Å². The Balaban J connectivity index is 4.85. The first-order chi connectivity index (χ1) is 8.04. The molecule has 0 aromatic heterocycles. The van der Waals surface area contributed by atoms with E-state index in [2.05, 4.69) is 9.47 Å². The van der Waals surface area contributed by atoms with Gasteiger partial charge in [0.2, 0.25) is 6.10 Å². The lowest BCUT2D eigenvalue weighted by molar-refractivity contribution is -0.333. The molecule has 0 aromatic rings. The van der Waals surface area contributed by atoms with E-state index in [0.717, 1.165) is 7.11 Å². The molecule has 18 heavy (non-hydrogen) atoms. The van der Waals surface area contributed by atoms with Crippen LogP contribution in [0.4, 0.5) is 26.3 Å². The Morgan fingerprint density at radius 3 is 1.83 bits per heavy atom. The van der Waals surface area contributed by atoms with Crippen LogP contribution in [0.2, 0.25) is 0 Å². The lowest BCUT2D eigenvalue weighted by Gasteiger charge is -2.29. The molecule has 4 nitrogen and oxygen atoms in total. The van der Waals surface area contributed by atoms with Gasteiger partial charge in [0.15, 0.2) is 0 Å². The summed E-state index contributed by atoms with van der Waals surface area (Å²) in [5.74, 6) is 0. The number of hydrogen-bond acceptors (Lipinski definition) is 4. The molecular weight excluding hydrogens is 272 g/mol. The van der Waals surface area contributed by atoms with Crippen LogP contribution in [-0.2, 0) is 9.47 Å². The van der Waals surface area contributed by atoms with Gasteiger partial charge in [0.05, 0.1) is 25.4 Å². The molecule has 10 heteroatoms.